The molecule has 2 aromatic rings. The first kappa shape index (κ1) is 17.5. The van der Waals surface area contributed by atoms with Gasteiger partial charge in [-0.25, -0.2) is 0 Å². The summed E-state index contributed by atoms with van der Waals surface area (Å²) in [6, 6.07) is 10.5. The lowest BCUT2D eigenvalue weighted by Gasteiger charge is -2.20. The van der Waals surface area contributed by atoms with E-state index in [0.717, 1.165) is 11.1 Å². The zero-order valence-corrected chi connectivity index (χ0v) is 14.8. The lowest BCUT2D eigenvalue weighted by molar-refractivity contribution is 0.105. The summed E-state index contributed by atoms with van der Waals surface area (Å²) in [5.74, 6) is 0. The second-order valence-electron chi connectivity index (χ2n) is 5.53. The molecule has 0 saturated heterocycles. The van der Waals surface area contributed by atoms with Crippen LogP contribution in [0.3, 0.4) is 0 Å². The maximum absolute atomic E-state index is 13.4. The monoisotopic (exact) mass is 331 g/mol. The van der Waals surface area contributed by atoms with Crippen LogP contribution in [0, 0.1) is 20.8 Å². The highest BCUT2D eigenvalue weighted by atomic mass is 31.2. The number of aryl methyl sites for hydroxylation is 2. The minimum atomic E-state index is -3.67. The Labute approximate surface area is 137 Å². The van der Waals surface area contributed by atoms with Crippen LogP contribution in [0.25, 0.3) is 0 Å². The summed E-state index contributed by atoms with van der Waals surface area (Å²) in [5.41, 5.74) is 8.84. The summed E-state index contributed by atoms with van der Waals surface area (Å²) in [6.45, 7) is 7.42. The van der Waals surface area contributed by atoms with E-state index in [1.807, 2.05) is 26.0 Å². The molecule has 2 rings (SSSR count). The molecule has 0 aliphatic carbocycles. The number of hydrogen-bond donors (Lipinski definition) is 1. The standard InChI is InChI=1S/C18H22NO3P/c1-5-22-23(21,15-9-7-6-8-10-15)18(20)16-12(2)11-13(3)17(19)14(16)4/h6-11H,5,19H2,1-4H3. The summed E-state index contributed by atoms with van der Waals surface area (Å²) >= 11 is 0. The van der Waals surface area contributed by atoms with E-state index in [4.69, 9.17) is 10.3 Å². The quantitative estimate of drug-likeness (QED) is 0.665. The van der Waals surface area contributed by atoms with Crippen LogP contribution in [0.5, 0.6) is 0 Å². The van der Waals surface area contributed by atoms with Crippen LogP contribution in [0.4, 0.5) is 5.69 Å². The van der Waals surface area contributed by atoms with Gasteiger partial charge >= 0.3 is 7.37 Å². The van der Waals surface area contributed by atoms with E-state index in [9.17, 15) is 9.36 Å². The molecule has 122 valence electrons. The maximum atomic E-state index is 13.4. The second-order valence-corrected chi connectivity index (χ2v) is 7.82. The molecule has 0 saturated carbocycles. The zero-order valence-electron chi connectivity index (χ0n) is 13.9. The highest BCUT2D eigenvalue weighted by Crippen LogP contribution is 2.50. The molecule has 0 radical (unpaired) electrons. The summed E-state index contributed by atoms with van der Waals surface area (Å²) in [5, 5.41) is 0.407. The first-order chi connectivity index (χ1) is 10.8. The van der Waals surface area contributed by atoms with Crippen LogP contribution >= 0.6 is 7.37 Å². The van der Waals surface area contributed by atoms with Gasteiger partial charge in [0.15, 0.2) is 0 Å². The lowest BCUT2D eigenvalue weighted by Crippen LogP contribution is -2.18. The van der Waals surface area contributed by atoms with Gasteiger partial charge in [-0.2, -0.15) is 0 Å². The number of nitrogen functional groups attached to an aromatic ring is 1. The van der Waals surface area contributed by atoms with Gasteiger partial charge in [-0.1, -0.05) is 24.3 Å². The molecule has 0 bridgehead atoms. The Morgan fingerprint density at radius 2 is 1.74 bits per heavy atom. The number of nitrogens with two attached hydrogens (primary N) is 1. The van der Waals surface area contributed by atoms with Crippen LogP contribution in [0.1, 0.15) is 34.0 Å². The fourth-order valence-corrected chi connectivity index (χ4v) is 4.80. The molecule has 0 amide bonds. The van der Waals surface area contributed by atoms with Gasteiger partial charge in [-0.05, 0) is 56.5 Å². The van der Waals surface area contributed by atoms with Crippen molar-refractivity contribution in [2.45, 2.75) is 27.7 Å². The number of hydrogen-bond acceptors (Lipinski definition) is 4. The molecular weight excluding hydrogens is 309 g/mol. The molecule has 0 heterocycles. The first-order valence-corrected chi connectivity index (χ1v) is 9.16. The van der Waals surface area contributed by atoms with Crippen molar-refractivity contribution in [3.63, 3.8) is 0 Å². The normalized spacial score (nSPS) is 13.6. The third kappa shape index (κ3) is 3.10. The molecule has 0 spiro atoms. The van der Waals surface area contributed by atoms with Gasteiger partial charge in [0, 0.05) is 16.6 Å². The third-order valence-corrected chi connectivity index (χ3v) is 6.28. The molecule has 23 heavy (non-hydrogen) atoms. The fourth-order valence-electron chi connectivity index (χ4n) is 2.73. The fraction of sp³-hybridized carbons (Fsp3) is 0.278. The van der Waals surface area contributed by atoms with Crippen LogP contribution in [0.15, 0.2) is 36.4 Å². The number of carbonyl (C=O) groups excluding carboxylic acids is 1. The molecule has 2 aromatic carbocycles. The predicted octanol–water partition coefficient (Wildman–Crippen LogP) is 3.97. The van der Waals surface area contributed by atoms with E-state index in [-0.39, 0.29) is 6.61 Å². The highest BCUT2D eigenvalue weighted by molar-refractivity contribution is 7.83. The molecule has 0 aliphatic rings. The Bertz CT molecular complexity index is 785. The Morgan fingerprint density at radius 3 is 2.30 bits per heavy atom. The maximum Gasteiger partial charge on any atom is 0.300 e. The Hall–Kier alpha value is -1.90. The average Bonchev–Trinajstić information content (AvgIpc) is 2.53. The van der Waals surface area contributed by atoms with Crippen molar-refractivity contribution in [1.82, 2.24) is 0 Å². The van der Waals surface area contributed by atoms with Crippen molar-refractivity contribution in [3.05, 3.63) is 58.7 Å². The van der Waals surface area contributed by atoms with Crippen molar-refractivity contribution >= 4 is 23.9 Å². The SMILES string of the molecule is CCOP(=O)(C(=O)c1c(C)cc(C)c(N)c1C)c1ccccc1. The van der Waals surface area contributed by atoms with Crippen molar-refractivity contribution in [3.8, 4) is 0 Å². The van der Waals surface area contributed by atoms with E-state index in [2.05, 4.69) is 0 Å². The Morgan fingerprint density at radius 1 is 1.13 bits per heavy atom. The number of anilines is 1. The molecule has 2 N–H and O–H groups in total. The van der Waals surface area contributed by atoms with Gasteiger partial charge in [0.2, 0.25) is 0 Å². The van der Waals surface area contributed by atoms with Crippen LogP contribution in [-0.2, 0) is 9.09 Å². The summed E-state index contributed by atoms with van der Waals surface area (Å²) in [7, 11) is -3.67. The summed E-state index contributed by atoms with van der Waals surface area (Å²) < 4.78 is 18.9. The van der Waals surface area contributed by atoms with Gasteiger partial charge in [-0.15, -0.1) is 0 Å². The summed E-state index contributed by atoms with van der Waals surface area (Å²) in [6.07, 6.45) is 0. The van der Waals surface area contributed by atoms with E-state index in [0.29, 0.717) is 22.1 Å². The number of carbonyl (C=O) groups is 1. The van der Waals surface area contributed by atoms with Gasteiger partial charge in [-0.3, -0.25) is 9.36 Å². The topological polar surface area (TPSA) is 69.4 Å². The smallest absolute Gasteiger partial charge is 0.300 e. The number of rotatable bonds is 5. The Kier molecular flexibility index (Phi) is 5.08. The van der Waals surface area contributed by atoms with Crippen molar-refractivity contribution < 1.29 is 13.9 Å². The van der Waals surface area contributed by atoms with E-state index >= 15 is 0 Å². The van der Waals surface area contributed by atoms with Gasteiger partial charge in [0.25, 0.3) is 5.52 Å². The van der Waals surface area contributed by atoms with E-state index < -0.39 is 12.9 Å². The Balaban J connectivity index is 2.66. The molecule has 1 unspecified atom stereocenters. The van der Waals surface area contributed by atoms with Crippen molar-refractivity contribution in [2.24, 2.45) is 0 Å². The van der Waals surface area contributed by atoms with Crippen LogP contribution in [0.2, 0.25) is 0 Å². The second kappa shape index (κ2) is 6.69. The number of benzene rings is 2. The van der Waals surface area contributed by atoms with Gasteiger partial charge in [0.1, 0.15) is 0 Å². The largest absolute Gasteiger partial charge is 0.398 e. The minimum absolute atomic E-state index is 0.192. The molecule has 1 atom stereocenters. The average molecular weight is 331 g/mol. The summed E-state index contributed by atoms with van der Waals surface area (Å²) in [4.78, 5) is 13.1. The molecule has 5 heteroatoms. The molecule has 0 fully saturated rings. The van der Waals surface area contributed by atoms with Gasteiger partial charge < -0.3 is 10.3 Å². The molecule has 0 aliphatic heterocycles. The highest BCUT2D eigenvalue weighted by Gasteiger charge is 2.37. The third-order valence-electron chi connectivity index (χ3n) is 3.92. The molecule has 0 aromatic heterocycles. The van der Waals surface area contributed by atoms with E-state index in [1.54, 1.807) is 38.1 Å². The zero-order chi connectivity index (χ0) is 17.2. The van der Waals surface area contributed by atoms with Gasteiger partial charge in [0.05, 0.1) is 6.61 Å². The minimum Gasteiger partial charge on any atom is -0.398 e. The molecular formula is C18H22NO3P. The van der Waals surface area contributed by atoms with Crippen LogP contribution < -0.4 is 11.0 Å². The first-order valence-electron chi connectivity index (χ1n) is 7.54. The molecule has 4 nitrogen and oxygen atoms in total. The lowest BCUT2D eigenvalue weighted by atomic mass is 9.98. The van der Waals surface area contributed by atoms with Crippen molar-refractivity contribution in [1.29, 1.82) is 0 Å². The van der Waals surface area contributed by atoms with Crippen molar-refractivity contribution in [2.75, 3.05) is 12.3 Å². The van der Waals surface area contributed by atoms with Crippen LogP contribution in [-0.4, -0.2) is 12.1 Å². The predicted molar refractivity (Wildman–Crippen MR) is 94.7 cm³/mol. The van der Waals surface area contributed by atoms with E-state index in [1.165, 1.54) is 0 Å².